The Morgan fingerprint density at radius 3 is 3.11 bits per heavy atom. The van der Waals surface area contributed by atoms with E-state index in [2.05, 4.69) is 10.1 Å². The standard InChI is InChI=1S/C11H11N3O3S/c1-2-17-11(16)8-3-12-14(4-8)5-10-13-9(6-15)7-18-10/h3-4,6-7H,2,5H2,1H3. The van der Waals surface area contributed by atoms with Crippen LogP contribution in [0.3, 0.4) is 0 Å². The number of carbonyl (C=O) groups is 2. The molecule has 2 heterocycles. The molecule has 0 aliphatic heterocycles. The van der Waals surface area contributed by atoms with Crippen molar-refractivity contribution in [2.45, 2.75) is 13.5 Å². The Kier molecular flexibility index (Phi) is 3.83. The number of ether oxygens (including phenoxy) is 1. The Bertz CT molecular complexity index is 561. The molecule has 0 atom stereocenters. The average molecular weight is 265 g/mol. The summed E-state index contributed by atoms with van der Waals surface area (Å²) in [6.45, 7) is 2.51. The van der Waals surface area contributed by atoms with Crippen molar-refractivity contribution in [3.63, 3.8) is 0 Å². The summed E-state index contributed by atoms with van der Waals surface area (Å²) in [5, 5.41) is 6.48. The lowest BCUT2D eigenvalue weighted by molar-refractivity contribution is 0.0526. The molecule has 0 amide bonds. The molecule has 2 rings (SSSR count). The Labute approximate surface area is 107 Å². The molecule has 0 radical (unpaired) electrons. The van der Waals surface area contributed by atoms with Gasteiger partial charge in [0.1, 0.15) is 10.7 Å². The molecule has 6 nitrogen and oxygen atoms in total. The molecular weight excluding hydrogens is 254 g/mol. The summed E-state index contributed by atoms with van der Waals surface area (Å²) in [5.74, 6) is -0.392. The van der Waals surface area contributed by atoms with Gasteiger partial charge in [0.05, 0.1) is 24.9 Å². The fourth-order valence-corrected chi connectivity index (χ4v) is 2.09. The Hall–Kier alpha value is -2.02. The summed E-state index contributed by atoms with van der Waals surface area (Å²) in [4.78, 5) is 26.0. The number of esters is 1. The third-order valence-electron chi connectivity index (χ3n) is 2.13. The second kappa shape index (κ2) is 5.54. The van der Waals surface area contributed by atoms with Crippen molar-refractivity contribution in [1.82, 2.24) is 14.8 Å². The molecule has 0 aliphatic carbocycles. The van der Waals surface area contributed by atoms with Crippen LogP contribution in [0, 0.1) is 0 Å². The van der Waals surface area contributed by atoms with Gasteiger partial charge in [0.2, 0.25) is 0 Å². The van der Waals surface area contributed by atoms with Crippen molar-refractivity contribution in [2.75, 3.05) is 6.61 Å². The molecule has 0 saturated carbocycles. The van der Waals surface area contributed by atoms with Crippen LogP contribution in [0.5, 0.6) is 0 Å². The summed E-state index contributed by atoms with van der Waals surface area (Å²) in [7, 11) is 0. The summed E-state index contributed by atoms with van der Waals surface area (Å²) in [5.41, 5.74) is 0.816. The number of rotatable bonds is 5. The molecule has 0 aliphatic rings. The van der Waals surface area contributed by atoms with Gasteiger partial charge in [0.25, 0.3) is 0 Å². The normalized spacial score (nSPS) is 10.3. The van der Waals surface area contributed by atoms with Crippen LogP contribution < -0.4 is 0 Å². The third-order valence-corrected chi connectivity index (χ3v) is 2.98. The van der Waals surface area contributed by atoms with Crippen molar-refractivity contribution in [3.05, 3.63) is 34.0 Å². The third kappa shape index (κ3) is 2.80. The highest BCUT2D eigenvalue weighted by atomic mass is 32.1. The largest absolute Gasteiger partial charge is 0.462 e. The molecule has 0 N–H and O–H groups in total. The zero-order valence-electron chi connectivity index (χ0n) is 9.70. The van der Waals surface area contributed by atoms with E-state index in [-0.39, 0.29) is 0 Å². The van der Waals surface area contributed by atoms with Gasteiger partial charge in [-0.05, 0) is 6.92 Å². The lowest BCUT2D eigenvalue weighted by Crippen LogP contribution is -2.04. The SMILES string of the molecule is CCOC(=O)c1cnn(Cc2nc(C=O)cs2)c1. The van der Waals surface area contributed by atoms with Gasteiger partial charge in [-0.15, -0.1) is 11.3 Å². The minimum atomic E-state index is -0.392. The maximum atomic E-state index is 11.4. The Balaban J connectivity index is 2.06. The summed E-state index contributed by atoms with van der Waals surface area (Å²) < 4.78 is 6.44. The first kappa shape index (κ1) is 12.4. The van der Waals surface area contributed by atoms with Gasteiger partial charge in [0, 0.05) is 11.6 Å². The number of carbonyl (C=O) groups excluding carboxylic acids is 2. The fourth-order valence-electron chi connectivity index (χ4n) is 1.36. The van der Waals surface area contributed by atoms with Crippen LogP contribution in [0.2, 0.25) is 0 Å². The van der Waals surface area contributed by atoms with Gasteiger partial charge in [0.15, 0.2) is 6.29 Å². The van der Waals surface area contributed by atoms with Gasteiger partial charge < -0.3 is 4.74 Å². The molecule has 0 bridgehead atoms. The predicted molar refractivity (Wildman–Crippen MR) is 64.8 cm³/mol. The van der Waals surface area contributed by atoms with E-state index >= 15 is 0 Å². The molecule has 0 saturated heterocycles. The lowest BCUT2D eigenvalue weighted by Gasteiger charge is -1.97. The number of nitrogens with zero attached hydrogens (tertiary/aromatic N) is 3. The Morgan fingerprint density at radius 2 is 2.44 bits per heavy atom. The van der Waals surface area contributed by atoms with E-state index in [1.165, 1.54) is 17.5 Å². The second-order valence-electron chi connectivity index (χ2n) is 3.43. The monoisotopic (exact) mass is 265 g/mol. The van der Waals surface area contributed by atoms with E-state index < -0.39 is 5.97 Å². The second-order valence-corrected chi connectivity index (χ2v) is 4.37. The minimum Gasteiger partial charge on any atom is -0.462 e. The van der Waals surface area contributed by atoms with Crippen molar-refractivity contribution in [2.24, 2.45) is 0 Å². The van der Waals surface area contributed by atoms with Crippen LogP contribution >= 0.6 is 11.3 Å². The molecule has 0 fully saturated rings. The zero-order chi connectivity index (χ0) is 13.0. The molecule has 94 valence electrons. The van der Waals surface area contributed by atoms with E-state index in [1.54, 1.807) is 23.2 Å². The molecule has 0 unspecified atom stereocenters. The Morgan fingerprint density at radius 1 is 1.61 bits per heavy atom. The minimum absolute atomic E-state index is 0.333. The maximum absolute atomic E-state index is 11.4. The van der Waals surface area contributed by atoms with Crippen molar-refractivity contribution < 1.29 is 14.3 Å². The van der Waals surface area contributed by atoms with Gasteiger partial charge in [-0.3, -0.25) is 9.48 Å². The molecule has 2 aromatic rings. The number of aromatic nitrogens is 3. The van der Waals surface area contributed by atoms with E-state index in [4.69, 9.17) is 4.74 Å². The van der Waals surface area contributed by atoms with Crippen LogP contribution in [0.4, 0.5) is 0 Å². The highest BCUT2D eigenvalue weighted by Crippen LogP contribution is 2.10. The maximum Gasteiger partial charge on any atom is 0.341 e. The van der Waals surface area contributed by atoms with Crippen molar-refractivity contribution >= 4 is 23.6 Å². The number of aldehydes is 1. The van der Waals surface area contributed by atoms with E-state index in [1.807, 2.05) is 0 Å². The van der Waals surface area contributed by atoms with Crippen LogP contribution in [-0.4, -0.2) is 33.6 Å². The number of thiazole rings is 1. The molecule has 0 aromatic carbocycles. The molecule has 7 heteroatoms. The highest BCUT2D eigenvalue weighted by molar-refractivity contribution is 7.09. The first-order valence-electron chi connectivity index (χ1n) is 5.32. The summed E-state index contributed by atoms with van der Waals surface area (Å²) in [6, 6.07) is 0. The first-order chi connectivity index (χ1) is 8.72. The lowest BCUT2D eigenvalue weighted by atomic mass is 10.4. The average Bonchev–Trinajstić information content (AvgIpc) is 2.99. The quantitative estimate of drug-likeness (QED) is 0.603. The number of hydrogen-bond acceptors (Lipinski definition) is 6. The first-order valence-corrected chi connectivity index (χ1v) is 6.20. The van der Waals surface area contributed by atoms with E-state index in [9.17, 15) is 9.59 Å². The summed E-state index contributed by atoms with van der Waals surface area (Å²) >= 11 is 1.38. The van der Waals surface area contributed by atoms with Gasteiger partial charge in [-0.1, -0.05) is 0 Å². The van der Waals surface area contributed by atoms with E-state index in [0.29, 0.717) is 30.7 Å². The molecule has 2 aromatic heterocycles. The van der Waals surface area contributed by atoms with Crippen LogP contribution in [0.1, 0.15) is 32.8 Å². The van der Waals surface area contributed by atoms with E-state index in [0.717, 1.165) is 5.01 Å². The predicted octanol–water partition coefficient (Wildman–Crippen LogP) is 1.38. The van der Waals surface area contributed by atoms with Gasteiger partial charge in [-0.2, -0.15) is 5.10 Å². The fraction of sp³-hybridized carbons (Fsp3) is 0.273. The van der Waals surface area contributed by atoms with Crippen LogP contribution in [0.15, 0.2) is 17.8 Å². The van der Waals surface area contributed by atoms with Gasteiger partial charge >= 0.3 is 5.97 Å². The molecular formula is C11H11N3O3S. The topological polar surface area (TPSA) is 74.1 Å². The van der Waals surface area contributed by atoms with Crippen LogP contribution in [-0.2, 0) is 11.3 Å². The van der Waals surface area contributed by atoms with Gasteiger partial charge in [-0.25, -0.2) is 9.78 Å². The molecule has 0 spiro atoms. The number of hydrogen-bond donors (Lipinski definition) is 0. The van der Waals surface area contributed by atoms with Crippen molar-refractivity contribution in [1.29, 1.82) is 0 Å². The van der Waals surface area contributed by atoms with Crippen LogP contribution in [0.25, 0.3) is 0 Å². The summed E-state index contributed by atoms with van der Waals surface area (Å²) in [6.07, 6.45) is 3.75. The highest BCUT2D eigenvalue weighted by Gasteiger charge is 2.10. The zero-order valence-corrected chi connectivity index (χ0v) is 10.5. The molecule has 18 heavy (non-hydrogen) atoms. The smallest absolute Gasteiger partial charge is 0.341 e. The van der Waals surface area contributed by atoms with Crippen molar-refractivity contribution in [3.8, 4) is 0 Å².